The highest BCUT2D eigenvalue weighted by Crippen LogP contribution is 1.96. The van der Waals surface area contributed by atoms with Crippen LogP contribution in [-0.2, 0) is 11.2 Å². The monoisotopic (exact) mass is 226 g/mol. The Bertz CT molecular complexity index is 298. The van der Waals surface area contributed by atoms with Gasteiger partial charge in [0.25, 0.3) is 0 Å². The van der Waals surface area contributed by atoms with Crippen LogP contribution >= 0.6 is 0 Å². The van der Waals surface area contributed by atoms with Gasteiger partial charge in [0.15, 0.2) is 0 Å². The summed E-state index contributed by atoms with van der Waals surface area (Å²) >= 11 is 0. The lowest BCUT2D eigenvalue weighted by Crippen LogP contribution is -2.25. The van der Waals surface area contributed by atoms with E-state index in [1.54, 1.807) is 6.92 Å². The van der Waals surface area contributed by atoms with Gasteiger partial charge in [0.2, 0.25) is 5.91 Å². The summed E-state index contributed by atoms with van der Waals surface area (Å²) in [6, 6.07) is 0. The van der Waals surface area contributed by atoms with E-state index in [1.165, 1.54) is 6.33 Å². The van der Waals surface area contributed by atoms with Crippen molar-refractivity contribution in [3.63, 3.8) is 0 Å². The normalized spacial score (nSPS) is 12.4. The van der Waals surface area contributed by atoms with E-state index in [4.69, 9.17) is 5.11 Å². The van der Waals surface area contributed by atoms with E-state index in [0.29, 0.717) is 19.4 Å². The Morgan fingerprint density at radius 3 is 3.12 bits per heavy atom. The van der Waals surface area contributed by atoms with Crippen molar-refractivity contribution < 1.29 is 9.90 Å². The molecule has 1 heterocycles. The highest BCUT2D eigenvalue weighted by Gasteiger charge is 2.03. The zero-order valence-electron chi connectivity index (χ0n) is 9.44. The van der Waals surface area contributed by atoms with Crippen molar-refractivity contribution in [2.45, 2.75) is 38.7 Å². The van der Waals surface area contributed by atoms with E-state index in [0.717, 1.165) is 18.7 Å². The predicted octanol–water partition coefficient (Wildman–Crippen LogP) is 0.0145. The fourth-order valence-electron chi connectivity index (χ4n) is 1.26. The molecule has 0 aliphatic heterocycles. The lowest BCUT2D eigenvalue weighted by atomic mass is 10.2. The zero-order valence-corrected chi connectivity index (χ0v) is 9.44. The first-order valence-corrected chi connectivity index (χ1v) is 5.47. The maximum absolute atomic E-state index is 11.3. The Morgan fingerprint density at radius 2 is 2.50 bits per heavy atom. The third-order valence-electron chi connectivity index (χ3n) is 2.17. The van der Waals surface area contributed by atoms with E-state index in [1.807, 2.05) is 0 Å². The molecule has 16 heavy (non-hydrogen) atoms. The molecule has 0 spiro atoms. The van der Waals surface area contributed by atoms with Gasteiger partial charge < -0.3 is 10.4 Å². The minimum Gasteiger partial charge on any atom is -0.393 e. The average Bonchev–Trinajstić information content (AvgIpc) is 2.74. The number of nitrogens with one attached hydrogen (secondary N) is 2. The molecule has 6 heteroatoms. The van der Waals surface area contributed by atoms with Gasteiger partial charge in [-0.1, -0.05) is 0 Å². The number of aliphatic hydroxyl groups is 1. The summed E-state index contributed by atoms with van der Waals surface area (Å²) < 4.78 is 0. The van der Waals surface area contributed by atoms with Gasteiger partial charge in [-0.2, -0.15) is 5.10 Å². The SMILES string of the molecule is CC(O)CCC(=O)NCCCc1ncn[nH]1. The Kier molecular flexibility index (Phi) is 5.49. The van der Waals surface area contributed by atoms with Gasteiger partial charge in [-0.15, -0.1) is 0 Å². The quantitative estimate of drug-likeness (QED) is 0.571. The molecule has 0 bridgehead atoms. The summed E-state index contributed by atoms with van der Waals surface area (Å²) in [5, 5.41) is 18.3. The highest BCUT2D eigenvalue weighted by molar-refractivity contribution is 5.75. The molecule has 6 nitrogen and oxygen atoms in total. The van der Waals surface area contributed by atoms with E-state index in [9.17, 15) is 4.79 Å². The van der Waals surface area contributed by atoms with Crippen LogP contribution in [0, 0.1) is 0 Å². The van der Waals surface area contributed by atoms with Crippen LogP contribution in [0.2, 0.25) is 0 Å². The number of hydrogen-bond acceptors (Lipinski definition) is 4. The molecule has 1 unspecified atom stereocenters. The number of aromatic amines is 1. The second-order valence-corrected chi connectivity index (χ2v) is 3.77. The minimum atomic E-state index is -0.417. The lowest BCUT2D eigenvalue weighted by Gasteiger charge is -2.05. The molecule has 0 aliphatic carbocycles. The molecule has 0 saturated carbocycles. The van der Waals surface area contributed by atoms with Gasteiger partial charge >= 0.3 is 0 Å². The summed E-state index contributed by atoms with van der Waals surface area (Å²) in [4.78, 5) is 15.2. The molecule has 0 saturated heterocycles. The van der Waals surface area contributed by atoms with Crippen LogP contribution in [0.15, 0.2) is 6.33 Å². The van der Waals surface area contributed by atoms with Crippen LogP contribution in [0.5, 0.6) is 0 Å². The fraction of sp³-hybridized carbons (Fsp3) is 0.700. The number of H-pyrrole nitrogens is 1. The Balaban J connectivity index is 2.00. The van der Waals surface area contributed by atoms with Gasteiger partial charge in [0.05, 0.1) is 6.10 Å². The Labute approximate surface area is 94.5 Å². The molecule has 3 N–H and O–H groups in total. The number of aliphatic hydroxyl groups excluding tert-OH is 1. The molecule has 0 fully saturated rings. The van der Waals surface area contributed by atoms with Crippen molar-refractivity contribution in [1.82, 2.24) is 20.5 Å². The smallest absolute Gasteiger partial charge is 0.220 e. The molecule has 0 aliphatic rings. The number of hydrogen-bond donors (Lipinski definition) is 3. The summed E-state index contributed by atoms with van der Waals surface area (Å²) in [7, 11) is 0. The maximum Gasteiger partial charge on any atom is 0.220 e. The molecule has 0 aromatic carbocycles. The van der Waals surface area contributed by atoms with Crippen LogP contribution in [-0.4, -0.2) is 38.8 Å². The van der Waals surface area contributed by atoms with Gasteiger partial charge in [-0.3, -0.25) is 9.89 Å². The molecular formula is C10H18N4O2. The van der Waals surface area contributed by atoms with Gasteiger partial charge in [0.1, 0.15) is 12.2 Å². The van der Waals surface area contributed by atoms with Crippen molar-refractivity contribution in [2.75, 3.05) is 6.54 Å². The average molecular weight is 226 g/mol. The van der Waals surface area contributed by atoms with Crippen molar-refractivity contribution in [1.29, 1.82) is 0 Å². The number of aryl methyl sites for hydroxylation is 1. The number of carbonyl (C=O) groups excluding carboxylic acids is 1. The summed E-state index contributed by atoms with van der Waals surface area (Å²) in [6.07, 6.45) is 3.54. The molecule has 1 atom stereocenters. The Morgan fingerprint density at radius 1 is 1.69 bits per heavy atom. The predicted molar refractivity (Wildman–Crippen MR) is 58.6 cm³/mol. The van der Waals surface area contributed by atoms with E-state index in [-0.39, 0.29) is 5.91 Å². The molecule has 1 rings (SSSR count). The molecule has 90 valence electrons. The molecule has 1 amide bonds. The zero-order chi connectivity index (χ0) is 11.8. The van der Waals surface area contributed by atoms with E-state index < -0.39 is 6.10 Å². The maximum atomic E-state index is 11.3. The van der Waals surface area contributed by atoms with Crippen LogP contribution in [0.4, 0.5) is 0 Å². The largest absolute Gasteiger partial charge is 0.393 e. The number of carbonyl (C=O) groups is 1. The molecule has 1 aromatic heterocycles. The number of nitrogens with zero attached hydrogens (tertiary/aromatic N) is 2. The third kappa shape index (κ3) is 5.45. The molecular weight excluding hydrogens is 208 g/mol. The fourth-order valence-corrected chi connectivity index (χ4v) is 1.26. The van der Waals surface area contributed by atoms with Crippen LogP contribution in [0.3, 0.4) is 0 Å². The van der Waals surface area contributed by atoms with Crippen molar-refractivity contribution in [3.8, 4) is 0 Å². The van der Waals surface area contributed by atoms with Crippen molar-refractivity contribution in [2.24, 2.45) is 0 Å². The van der Waals surface area contributed by atoms with Crippen LogP contribution < -0.4 is 5.32 Å². The number of rotatable bonds is 7. The molecule has 1 aromatic rings. The van der Waals surface area contributed by atoms with Gasteiger partial charge in [0, 0.05) is 19.4 Å². The first-order valence-electron chi connectivity index (χ1n) is 5.47. The summed E-state index contributed by atoms with van der Waals surface area (Å²) in [6.45, 7) is 2.30. The van der Waals surface area contributed by atoms with Gasteiger partial charge in [-0.25, -0.2) is 4.98 Å². The second-order valence-electron chi connectivity index (χ2n) is 3.77. The van der Waals surface area contributed by atoms with Crippen molar-refractivity contribution in [3.05, 3.63) is 12.2 Å². The minimum absolute atomic E-state index is 0.0153. The molecule has 0 radical (unpaired) electrons. The number of aromatic nitrogens is 3. The number of amides is 1. The van der Waals surface area contributed by atoms with Crippen LogP contribution in [0.25, 0.3) is 0 Å². The van der Waals surface area contributed by atoms with E-state index in [2.05, 4.69) is 20.5 Å². The van der Waals surface area contributed by atoms with Gasteiger partial charge in [-0.05, 0) is 19.8 Å². The highest BCUT2D eigenvalue weighted by atomic mass is 16.3. The topological polar surface area (TPSA) is 90.9 Å². The van der Waals surface area contributed by atoms with E-state index >= 15 is 0 Å². The second kappa shape index (κ2) is 6.95. The van der Waals surface area contributed by atoms with Crippen molar-refractivity contribution >= 4 is 5.91 Å². The standard InChI is InChI=1S/C10H18N4O2/c1-8(15)4-5-10(16)11-6-2-3-9-12-7-13-14-9/h7-8,15H,2-6H2,1H3,(H,11,16)(H,12,13,14). The summed E-state index contributed by atoms with van der Waals surface area (Å²) in [5.74, 6) is 0.816. The van der Waals surface area contributed by atoms with Crippen LogP contribution in [0.1, 0.15) is 32.0 Å². The first kappa shape index (κ1) is 12.6. The lowest BCUT2D eigenvalue weighted by molar-refractivity contribution is -0.121. The first-order chi connectivity index (χ1) is 7.68. The summed E-state index contributed by atoms with van der Waals surface area (Å²) in [5.41, 5.74) is 0. The Hall–Kier alpha value is -1.43. The third-order valence-corrected chi connectivity index (χ3v) is 2.17.